The molecule has 3 atom stereocenters. The first-order valence-electron chi connectivity index (χ1n) is 7.44. The second-order valence-corrected chi connectivity index (χ2v) is 6.07. The maximum Gasteiger partial charge on any atom is 0.326 e. The molecule has 2 heterocycles. The van der Waals surface area contributed by atoms with Gasteiger partial charge in [0.25, 0.3) is 0 Å². The van der Waals surface area contributed by atoms with Gasteiger partial charge in [-0.15, -0.1) is 0 Å². The van der Waals surface area contributed by atoms with Gasteiger partial charge >= 0.3 is 5.97 Å². The number of hydrogen-bond acceptors (Lipinski definition) is 3. The predicted molar refractivity (Wildman–Crippen MR) is 79.1 cm³/mol. The summed E-state index contributed by atoms with van der Waals surface area (Å²) in [5.74, 6) is -0.639. The van der Waals surface area contributed by atoms with Crippen LogP contribution in [0.2, 0.25) is 0 Å². The van der Waals surface area contributed by atoms with Crippen molar-refractivity contribution in [1.29, 1.82) is 0 Å². The molecule has 112 valence electrons. The van der Waals surface area contributed by atoms with Crippen LogP contribution in [0.5, 0.6) is 0 Å². The van der Waals surface area contributed by atoms with E-state index in [2.05, 4.69) is 5.32 Å². The fourth-order valence-electron chi connectivity index (χ4n) is 3.29. The Labute approximate surface area is 123 Å². The first kappa shape index (κ1) is 13.9. The van der Waals surface area contributed by atoms with E-state index in [1.807, 2.05) is 31.2 Å². The number of hydrogen-bond donors (Lipinski definition) is 2. The van der Waals surface area contributed by atoms with Crippen LogP contribution < -0.4 is 5.32 Å². The standard InChI is InChI=1S/C16H20N2O3/c1-10-6-7-18(14(8-10)16(20)21)15(19)13-9-11-4-2-3-5-12(11)17-13/h2-5,10,13-14,17H,6-9H2,1H3,(H,20,21). The van der Waals surface area contributed by atoms with Gasteiger partial charge in [0.2, 0.25) is 5.91 Å². The zero-order valence-electron chi connectivity index (χ0n) is 12.1. The highest BCUT2D eigenvalue weighted by atomic mass is 16.4. The van der Waals surface area contributed by atoms with Crippen molar-refractivity contribution in [2.75, 3.05) is 11.9 Å². The smallest absolute Gasteiger partial charge is 0.326 e. The summed E-state index contributed by atoms with van der Waals surface area (Å²) in [6.45, 7) is 2.58. The van der Waals surface area contributed by atoms with Crippen molar-refractivity contribution < 1.29 is 14.7 Å². The molecule has 3 unspecified atom stereocenters. The molecule has 1 fully saturated rings. The van der Waals surface area contributed by atoms with Crippen molar-refractivity contribution in [3.63, 3.8) is 0 Å². The number of benzene rings is 1. The molecule has 1 amide bonds. The van der Waals surface area contributed by atoms with Crippen LogP contribution in [0.1, 0.15) is 25.3 Å². The molecule has 1 aromatic carbocycles. The minimum absolute atomic E-state index is 0.0921. The first-order valence-corrected chi connectivity index (χ1v) is 7.44. The first-order chi connectivity index (χ1) is 10.1. The maximum absolute atomic E-state index is 12.7. The van der Waals surface area contributed by atoms with Gasteiger partial charge in [-0.25, -0.2) is 4.79 Å². The third-order valence-electron chi connectivity index (χ3n) is 4.50. The average molecular weight is 288 g/mol. The summed E-state index contributed by atoms with van der Waals surface area (Å²) in [5.41, 5.74) is 2.10. The minimum atomic E-state index is -0.898. The van der Waals surface area contributed by atoms with E-state index >= 15 is 0 Å². The van der Waals surface area contributed by atoms with Crippen molar-refractivity contribution in [3.8, 4) is 0 Å². The highest BCUT2D eigenvalue weighted by molar-refractivity contribution is 5.91. The lowest BCUT2D eigenvalue weighted by Gasteiger charge is -2.37. The largest absolute Gasteiger partial charge is 0.480 e. The Kier molecular flexibility index (Phi) is 3.57. The van der Waals surface area contributed by atoms with Gasteiger partial charge in [0.05, 0.1) is 0 Å². The van der Waals surface area contributed by atoms with E-state index in [1.54, 1.807) is 4.90 Å². The molecule has 0 aromatic heterocycles. The molecule has 2 aliphatic rings. The summed E-state index contributed by atoms with van der Waals surface area (Å²) in [6, 6.07) is 6.82. The van der Waals surface area contributed by atoms with Crippen LogP contribution in [-0.4, -0.2) is 40.5 Å². The van der Waals surface area contributed by atoms with Crippen LogP contribution in [0.3, 0.4) is 0 Å². The van der Waals surface area contributed by atoms with Crippen LogP contribution in [0.4, 0.5) is 5.69 Å². The summed E-state index contributed by atoms with van der Waals surface area (Å²) in [7, 11) is 0. The highest BCUT2D eigenvalue weighted by Crippen LogP contribution is 2.29. The Morgan fingerprint density at radius 3 is 2.81 bits per heavy atom. The molecular formula is C16H20N2O3. The van der Waals surface area contributed by atoms with Gasteiger partial charge in [0.15, 0.2) is 0 Å². The molecular weight excluding hydrogens is 268 g/mol. The number of rotatable bonds is 2. The molecule has 0 saturated carbocycles. The van der Waals surface area contributed by atoms with E-state index in [9.17, 15) is 14.7 Å². The van der Waals surface area contributed by atoms with Crippen LogP contribution in [0.25, 0.3) is 0 Å². The molecule has 0 bridgehead atoms. The predicted octanol–water partition coefficient (Wildman–Crippen LogP) is 1.73. The monoisotopic (exact) mass is 288 g/mol. The molecule has 0 radical (unpaired) electrons. The fourth-order valence-corrected chi connectivity index (χ4v) is 3.29. The van der Waals surface area contributed by atoms with Gasteiger partial charge in [-0.05, 0) is 30.4 Å². The number of aliphatic carboxylic acids is 1. The van der Waals surface area contributed by atoms with E-state index in [0.717, 1.165) is 17.7 Å². The Morgan fingerprint density at radius 2 is 2.10 bits per heavy atom. The van der Waals surface area contributed by atoms with Crippen molar-refractivity contribution in [2.45, 2.75) is 38.3 Å². The number of fused-ring (bicyclic) bond motifs is 1. The third kappa shape index (κ3) is 2.60. The summed E-state index contributed by atoms with van der Waals surface area (Å²) in [6.07, 6.45) is 2.04. The maximum atomic E-state index is 12.7. The number of nitrogens with zero attached hydrogens (tertiary/aromatic N) is 1. The lowest BCUT2D eigenvalue weighted by Crippen LogP contribution is -2.54. The Bertz CT molecular complexity index is 547. The number of carboxylic acids is 1. The van der Waals surface area contributed by atoms with E-state index in [4.69, 9.17) is 0 Å². The molecule has 1 aromatic rings. The normalized spacial score (nSPS) is 27.9. The second kappa shape index (κ2) is 5.39. The number of anilines is 1. The zero-order chi connectivity index (χ0) is 15.0. The molecule has 0 spiro atoms. The van der Waals surface area contributed by atoms with Gasteiger partial charge in [-0.1, -0.05) is 25.1 Å². The van der Waals surface area contributed by atoms with E-state index in [-0.39, 0.29) is 11.9 Å². The molecule has 2 N–H and O–H groups in total. The lowest BCUT2D eigenvalue weighted by molar-refractivity contribution is -0.153. The number of amides is 1. The van der Waals surface area contributed by atoms with Gasteiger partial charge in [-0.2, -0.15) is 0 Å². The van der Waals surface area contributed by atoms with Gasteiger partial charge in [0.1, 0.15) is 12.1 Å². The molecule has 5 nitrogen and oxygen atoms in total. The van der Waals surface area contributed by atoms with E-state index in [0.29, 0.717) is 25.3 Å². The minimum Gasteiger partial charge on any atom is -0.480 e. The quantitative estimate of drug-likeness (QED) is 0.869. The second-order valence-electron chi connectivity index (χ2n) is 6.07. The zero-order valence-corrected chi connectivity index (χ0v) is 12.1. The van der Waals surface area contributed by atoms with Crippen LogP contribution >= 0.6 is 0 Å². The molecule has 2 aliphatic heterocycles. The Balaban J connectivity index is 1.75. The Morgan fingerprint density at radius 1 is 1.33 bits per heavy atom. The summed E-state index contributed by atoms with van der Waals surface area (Å²) in [5, 5.41) is 12.6. The number of nitrogens with one attached hydrogen (secondary N) is 1. The van der Waals surface area contributed by atoms with Crippen molar-refractivity contribution in [2.24, 2.45) is 5.92 Å². The molecule has 1 saturated heterocycles. The van der Waals surface area contributed by atoms with Crippen molar-refractivity contribution >= 4 is 17.6 Å². The van der Waals surface area contributed by atoms with Crippen LogP contribution in [-0.2, 0) is 16.0 Å². The molecule has 0 aliphatic carbocycles. The average Bonchev–Trinajstić information content (AvgIpc) is 2.90. The topological polar surface area (TPSA) is 69.6 Å². The summed E-state index contributed by atoms with van der Waals surface area (Å²) in [4.78, 5) is 25.7. The summed E-state index contributed by atoms with van der Waals surface area (Å²) >= 11 is 0. The third-order valence-corrected chi connectivity index (χ3v) is 4.50. The number of carboxylic acid groups (broad SMARTS) is 1. The highest BCUT2D eigenvalue weighted by Gasteiger charge is 2.39. The number of likely N-dealkylation sites (tertiary alicyclic amines) is 1. The fraction of sp³-hybridized carbons (Fsp3) is 0.500. The van der Waals surface area contributed by atoms with Crippen molar-refractivity contribution in [1.82, 2.24) is 4.90 Å². The number of para-hydroxylation sites is 1. The molecule has 3 rings (SSSR count). The van der Waals surface area contributed by atoms with E-state index < -0.39 is 12.0 Å². The van der Waals surface area contributed by atoms with Crippen LogP contribution in [0.15, 0.2) is 24.3 Å². The molecule has 21 heavy (non-hydrogen) atoms. The van der Waals surface area contributed by atoms with Gasteiger partial charge in [0, 0.05) is 18.7 Å². The molecule has 5 heteroatoms. The van der Waals surface area contributed by atoms with E-state index in [1.165, 1.54) is 0 Å². The number of carbonyl (C=O) groups is 2. The Hall–Kier alpha value is -2.04. The summed E-state index contributed by atoms with van der Waals surface area (Å²) < 4.78 is 0. The van der Waals surface area contributed by atoms with Gasteiger partial charge in [-0.3, -0.25) is 4.79 Å². The van der Waals surface area contributed by atoms with Gasteiger partial charge < -0.3 is 15.3 Å². The SMILES string of the molecule is CC1CCN(C(=O)C2Cc3ccccc3N2)C(C(=O)O)C1. The number of carbonyl (C=O) groups excluding carboxylic acids is 1. The number of piperidine rings is 1. The van der Waals surface area contributed by atoms with Crippen molar-refractivity contribution in [3.05, 3.63) is 29.8 Å². The lowest BCUT2D eigenvalue weighted by atomic mass is 9.91. The van der Waals surface area contributed by atoms with Crippen LogP contribution in [0, 0.1) is 5.92 Å².